The van der Waals surface area contributed by atoms with Crippen molar-refractivity contribution in [1.82, 2.24) is 0 Å². The molecule has 4 nitrogen and oxygen atoms in total. The lowest BCUT2D eigenvalue weighted by Gasteiger charge is -2.14. The fourth-order valence-corrected chi connectivity index (χ4v) is 2.51. The first kappa shape index (κ1) is 17.7. The summed E-state index contributed by atoms with van der Waals surface area (Å²) in [6, 6.07) is 11.0. The standard InChI is InChI=1S/C17H19Cl2NO3/c1-2-22-17-9-12(3-6-16(17)23-8-7-21)11-20-15-5-4-13(18)10-14(15)19/h3-6,9-10,20-21H,2,7-8,11H2,1H3. The van der Waals surface area contributed by atoms with E-state index in [0.717, 1.165) is 11.3 Å². The zero-order valence-electron chi connectivity index (χ0n) is 12.8. The summed E-state index contributed by atoms with van der Waals surface area (Å²) in [6.45, 7) is 3.23. The number of hydrogen-bond acceptors (Lipinski definition) is 4. The van der Waals surface area contributed by atoms with E-state index in [1.54, 1.807) is 12.1 Å². The van der Waals surface area contributed by atoms with E-state index in [1.165, 1.54) is 0 Å². The van der Waals surface area contributed by atoms with Gasteiger partial charge >= 0.3 is 0 Å². The first-order valence-corrected chi connectivity index (χ1v) is 8.08. The summed E-state index contributed by atoms with van der Waals surface area (Å²) >= 11 is 12.0. The van der Waals surface area contributed by atoms with Crippen molar-refractivity contribution in [3.8, 4) is 11.5 Å². The molecule has 6 heteroatoms. The second-order valence-electron chi connectivity index (χ2n) is 4.76. The Balaban J connectivity index is 2.08. The van der Waals surface area contributed by atoms with Crippen molar-refractivity contribution < 1.29 is 14.6 Å². The van der Waals surface area contributed by atoms with Crippen molar-refractivity contribution >= 4 is 28.9 Å². The average Bonchev–Trinajstić information content (AvgIpc) is 2.53. The van der Waals surface area contributed by atoms with E-state index in [2.05, 4.69) is 5.32 Å². The van der Waals surface area contributed by atoms with E-state index in [1.807, 2.05) is 31.2 Å². The summed E-state index contributed by atoms with van der Waals surface area (Å²) in [7, 11) is 0. The van der Waals surface area contributed by atoms with Crippen LogP contribution in [0.25, 0.3) is 0 Å². The maximum atomic E-state index is 8.86. The summed E-state index contributed by atoms with van der Waals surface area (Å²) in [5, 5.41) is 13.3. The lowest BCUT2D eigenvalue weighted by molar-refractivity contribution is 0.194. The molecule has 0 fully saturated rings. The Morgan fingerprint density at radius 3 is 2.57 bits per heavy atom. The van der Waals surface area contributed by atoms with Gasteiger partial charge in [0, 0.05) is 11.6 Å². The van der Waals surface area contributed by atoms with Crippen LogP contribution in [0.15, 0.2) is 36.4 Å². The maximum absolute atomic E-state index is 8.86. The molecule has 0 saturated heterocycles. The molecule has 23 heavy (non-hydrogen) atoms. The topological polar surface area (TPSA) is 50.7 Å². The minimum atomic E-state index is -0.0378. The summed E-state index contributed by atoms with van der Waals surface area (Å²) < 4.78 is 11.0. The van der Waals surface area contributed by atoms with Crippen LogP contribution in [0.5, 0.6) is 11.5 Å². The number of anilines is 1. The number of rotatable bonds is 8. The van der Waals surface area contributed by atoms with Crippen LogP contribution in [0.3, 0.4) is 0 Å². The molecule has 0 heterocycles. The highest BCUT2D eigenvalue weighted by atomic mass is 35.5. The lowest BCUT2D eigenvalue weighted by Crippen LogP contribution is -2.05. The predicted octanol–water partition coefficient (Wildman–Crippen LogP) is 4.38. The average molecular weight is 356 g/mol. The van der Waals surface area contributed by atoms with E-state index in [9.17, 15) is 0 Å². The van der Waals surface area contributed by atoms with E-state index < -0.39 is 0 Å². The number of aliphatic hydroxyl groups excluding tert-OH is 1. The molecule has 2 aromatic carbocycles. The van der Waals surface area contributed by atoms with Crippen molar-refractivity contribution in [2.45, 2.75) is 13.5 Å². The molecular weight excluding hydrogens is 337 g/mol. The van der Waals surface area contributed by atoms with Gasteiger partial charge in [-0.2, -0.15) is 0 Å². The van der Waals surface area contributed by atoms with Gasteiger partial charge in [-0.3, -0.25) is 0 Å². The molecule has 0 amide bonds. The summed E-state index contributed by atoms with van der Waals surface area (Å²) in [5.74, 6) is 1.27. The Labute approximate surface area is 145 Å². The van der Waals surface area contributed by atoms with Gasteiger partial charge < -0.3 is 19.9 Å². The van der Waals surface area contributed by atoms with E-state index >= 15 is 0 Å². The smallest absolute Gasteiger partial charge is 0.161 e. The van der Waals surface area contributed by atoms with Crippen molar-refractivity contribution in [3.63, 3.8) is 0 Å². The highest BCUT2D eigenvalue weighted by molar-refractivity contribution is 6.36. The maximum Gasteiger partial charge on any atom is 0.161 e. The van der Waals surface area contributed by atoms with Gasteiger partial charge in [0.2, 0.25) is 0 Å². The Morgan fingerprint density at radius 1 is 1.04 bits per heavy atom. The van der Waals surface area contributed by atoms with Gasteiger partial charge in [0.15, 0.2) is 11.5 Å². The molecule has 2 aromatic rings. The summed E-state index contributed by atoms with van der Waals surface area (Å²) in [4.78, 5) is 0. The van der Waals surface area contributed by atoms with Crippen molar-refractivity contribution in [1.29, 1.82) is 0 Å². The number of ether oxygens (including phenoxy) is 2. The van der Waals surface area contributed by atoms with Crippen LogP contribution in [0, 0.1) is 0 Å². The van der Waals surface area contributed by atoms with E-state index in [-0.39, 0.29) is 13.2 Å². The molecule has 0 aliphatic carbocycles. The molecule has 124 valence electrons. The van der Waals surface area contributed by atoms with E-state index in [0.29, 0.717) is 34.7 Å². The van der Waals surface area contributed by atoms with Crippen LogP contribution in [0.4, 0.5) is 5.69 Å². The molecule has 0 radical (unpaired) electrons. The van der Waals surface area contributed by atoms with E-state index in [4.69, 9.17) is 37.8 Å². The normalized spacial score (nSPS) is 10.4. The van der Waals surface area contributed by atoms with Crippen molar-refractivity contribution in [2.24, 2.45) is 0 Å². The monoisotopic (exact) mass is 355 g/mol. The molecule has 0 spiro atoms. The van der Waals surface area contributed by atoms with Crippen LogP contribution in [0.1, 0.15) is 12.5 Å². The highest BCUT2D eigenvalue weighted by Gasteiger charge is 2.07. The van der Waals surface area contributed by atoms with Gasteiger partial charge in [0.25, 0.3) is 0 Å². The number of hydrogen-bond donors (Lipinski definition) is 2. The summed E-state index contributed by atoms with van der Waals surface area (Å²) in [6.07, 6.45) is 0. The van der Waals surface area contributed by atoms with Crippen LogP contribution in [0.2, 0.25) is 10.0 Å². The predicted molar refractivity (Wildman–Crippen MR) is 94.0 cm³/mol. The molecule has 0 bridgehead atoms. The fraction of sp³-hybridized carbons (Fsp3) is 0.294. The van der Waals surface area contributed by atoms with Gasteiger partial charge in [-0.15, -0.1) is 0 Å². The number of benzene rings is 2. The Kier molecular flexibility index (Phi) is 6.84. The second kappa shape index (κ2) is 8.87. The van der Waals surface area contributed by atoms with Gasteiger partial charge in [0.1, 0.15) is 6.61 Å². The number of nitrogens with one attached hydrogen (secondary N) is 1. The molecule has 2 rings (SSSR count). The molecule has 0 atom stereocenters. The Morgan fingerprint density at radius 2 is 1.87 bits per heavy atom. The van der Waals surface area contributed by atoms with Crippen LogP contribution >= 0.6 is 23.2 Å². The Bertz CT molecular complexity index is 650. The highest BCUT2D eigenvalue weighted by Crippen LogP contribution is 2.30. The number of halogens is 2. The second-order valence-corrected chi connectivity index (χ2v) is 5.61. The van der Waals surface area contributed by atoms with Gasteiger partial charge in [-0.25, -0.2) is 0 Å². The SMILES string of the molecule is CCOc1cc(CNc2ccc(Cl)cc2Cl)ccc1OCCO. The number of aliphatic hydroxyl groups is 1. The molecular formula is C17H19Cl2NO3. The van der Waals surface area contributed by atoms with Crippen molar-refractivity contribution in [3.05, 3.63) is 52.0 Å². The lowest BCUT2D eigenvalue weighted by atomic mass is 10.2. The zero-order chi connectivity index (χ0) is 16.7. The molecule has 0 aromatic heterocycles. The van der Waals surface area contributed by atoms with Crippen molar-refractivity contribution in [2.75, 3.05) is 25.1 Å². The van der Waals surface area contributed by atoms with Gasteiger partial charge in [-0.05, 0) is 42.8 Å². The van der Waals surface area contributed by atoms with Gasteiger partial charge in [-0.1, -0.05) is 29.3 Å². The minimum absolute atomic E-state index is 0.0378. The third-order valence-electron chi connectivity index (χ3n) is 3.07. The first-order valence-electron chi connectivity index (χ1n) is 7.32. The first-order chi connectivity index (χ1) is 11.1. The largest absolute Gasteiger partial charge is 0.490 e. The summed E-state index contributed by atoms with van der Waals surface area (Å²) in [5.41, 5.74) is 1.84. The third-order valence-corrected chi connectivity index (χ3v) is 3.62. The third kappa shape index (κ3) is 5.20. The molecule has 0 saturated carbocycles. The molecule has 0 aliphatic heterocycles. The molecule has 2 N–H and O–H groups in total. The minimum Gasteiger partial charge on any atom is -0.490 e. The fourth-order valence-electron chi connectivity index (χ4n) is 2.04. The van der Waals surface area contributed by atoms with Crippen LogP contribution < -0.4 is 14.8 Å². The molecule has 0 aliphatic rings. The van der Waals surface area contributed by atoms with Crippen LogP contribution in [-0.4, -0.2) is 24.9 Å². The van der Waals surface area contributed by atoms with Gasteiger partial charge in [0.05, 0.1) is 23.9 Å². The Hall–Kier alpha value is -1.62. The zero-order valence-corrected chi connectivity index (χ0v) is 14.3. The quantitative estimate of drug-likeness (QED) is 0.737. The molecule has 0 unspecified atom stereocenters. The van der Waals surface area contributed by atoms with Crippen LogP contribution in [-0.2, 0) is 6.54 Å².